The lowest BCUT2D eigenvalue weighted by molar-refractivity contribution is -0.126. The Morgan fingerprint density at radius 3 is 2.53 bits per heavy atom. The lowest BCUT2D eigenvalue weighted by Crippen LogP contribution is -2.48. The van der Waals surface area contributed by atoms with Gasteiger partial charge in [0.1, 0.15) is 0 Å². The summed E-state index contributed by atoms with van der Waals surface area (Å²) in [6.45, 7) is 4.32. The normalized spacial score (nSPS) is 23.8. The second-order valence-corrected chi connectivity index (χ2v) is 9.73. The monoisotopic (exact) mass is 458 g/mol. The molecule has 0 aromatic heterocycles. The number of benzene rings is 2. The number of amides is 3. The fourth-order valence-electron chi connectivity index (χ4n) is 5.30. The SMILES string of the molecule is CC(C)C[C@H](NC(=O)NCc1ccccc1)C(=O)C1C[C@]2(C[C@H]1C#N)C(=O)Nc1ccccc12. The quantitative estimate of drug-likeness (QED) is 0.584. The number of hydrogen-bond donors (Lipinski definition) is 3. The molecule has 1 aliphatic carbocycles. The smallest absolute Gasteiger partial charge is 0.315 e. The second-order valence-electron chi connectivity index (χ2n) is 9.73. The average Bonchev–Trinajstić information content (AvgIpc) is 3.35. The maximum absolute atomic E-state index is 13.7. The molecule has 34 heavy (non-hydrogen) atoms. The van der Waals surface area contributed by atoms with Crippen molar-refractivity contribution in [1.82, 2.24) is 10.6 Å². The fourth-order valence-corrected chi connectivity index (χ4v) is 5.30. The van der Waals surface area contributed by atoms with Crippen molar-refractivity contribution in [3.8, 4) is 6.07 Å². The molecule has 1 unspecified atom stereocenters. The summed E-state index contributed by atoms with van der Waals surface area (Å²) in [6.07, 6.45) is 1.04. The number of nitrogens with one attached hydrogen (secondary N) is 3. The van der Waals surface area contributed by atoms with Crippen molar-refractivity contribution in [2.75, 3.05) is 5.32 Å². The maximum Gasteiger partial charge on any atom is 0.315 e. The van der Waals surface area contributed by atoms with Crippen LogP contribution in [-0.2, 0) is 21.5 Å². The van der Waals surface area contributed by atoms with Crippen molar-refractivity contribution in [3.05, 3.63) is 65.7 Å². The van der Waals surface area contributed by atoms with Gasteiger partial charge in [-0.1, -0.05) is 62.4 Å². The zero-order valence-corrected chi connectivity index (χ0v) is 19.5. The Balaban J connectivity index is 1.51. The molecular weight excluding hydrogens is 428 g/mol. The third kappa shape index (κ3) is 4.54. The van der Waals surface area contributed by atoms with E-state index in [1.54, 1.807) is 0 Å². The van der Waals surface area contributed by atoms with E-state index >= 15 is 0 Å². The van der Waals surface area contributed by atoms with Gasteiger partial charge in [-0.25, -0.2) is 4.79 Å². The summed E-state index contributed by atoms with van der Waals surface area (Å²) >= 11 is 0. The Kier molecular flexibility index (Phi) is 6.69. The predicted molar refractivity (Wildman–Crippen MR) is 129 cm³/mol. The number of Topliss-reactive ketones (excluding diaryl/α,β-unsaturated/α-hetero) is 1. The van der Waals surface area contributed by atoms with E-state index in [1.807, 2.05) is 68.4 Å². The van der Waals surface area contributed by atoms with Crippen molar-refractivity contribution < 1.29 is 14.4 Å². The molecule has 3 N–H and O–H groups in total. The molecule has 0 radical (unpaired) electrons. The van der Waals surface area contributed by atoms with Crippen LogP contribution in [-0.4, -0.2) is 23.8 Å². The molecule has 2 aliphatic rings. The van der Waals surface area contributed by atoms with Crippen LogP contribution >= 0.6 is 0 Å². The predicted octanol–water partition coefficient (Wildman–Crippen LogP) is 3.91. The van der Waals surface area contributed by atoms with Crippen LogP contribution in [0.1, 0.15) is 44.2 Å². The van der Waals surface area contributed by atoms with Crippen LogP contribution in [0.25, 0.3) is 0 Å². The summed E-state index contributed by atoms with van der Waals surface area (Å²) in [5.74, 6) is -1.38. The van der Waals surface area contributed by atoms with E-state index in [1.165, 1.54) is 0 Å². The molecule has 1 aliphatic heterocycles. The number of rotatable bonds is 7. The van der Waals surface area contributed by atoms with Gasteiger partial charge in [-0.05, 0) is 42.4 Å². The summed E-state index contributed by atoms with van der Waals surface area (Å²) in [5.41, 5.74) is 1.67. The van der Waals surface area contributed by atoms with E-state index in [0.717, 1.165) is 16.8 Å². The second kappa shape index (κ2) is 9.68. The zero-order valence-electron chi connectivity index (χ0n) is 19.5. The highest BCUT2D eigenvalue weighted by Crippen LogP contribution is 2.53. The summed E-state index contributed by atoms with van der Waals surface area (Å²) in [5, 5.41) is 18.5. The summed E-state index contributed by atoms with van der Waals surface area (Å²) in [4.78, 5) is 39.4. The lowest BCUT2D eigenvalue weighted by Gasteiger charge is -2.25. The molecule has 176 valence electrons. The highest BCUT2D eigenvalue weighted by Gasteiger charge is 2.57. The number of ketones is 1. The van der Waals surface area contributed by atoms with Crippen molar-refractivity contribution >= 4 is 23.4 Å². The first-order chi connectivity index (χ1) is 16.3. The van der Waals surface area contributed by atoms with Gasteiger partial charge >= 0.3 is 6.03 Å². The molecule has 2 aromatic rings. The van der Waals surface area contributed by atoms with Crippen LogP contribution in [0.4, 0.5) is 10.5 Å². The largest absolute Gasteiger partial charge is 0.334 e. The molecule has 7 nitrogen and oxygen atoms in total. The minimum Gasteiger partial charge on any atom is -0.334 e. The summed E-state index contributed by atoms with van der Waals surface area (Å²) in [6, 6.07) is 18.1. The van der Waals surface area contributed by atoms with Gasteiger partial charge in [0.25, 0.3) is 0 Å². The maximum atomic E-state index is 13.7. The molecular formula is C27H30N4O3. The third-order valence-electron chi connectivity index (χ3n) is 6.93. The van der Waals surface area contributed by atoms with Crippen LogP contribution in [0.2, 0.25) is 0 Å². The number of carbonyl (C=O) groups is 3. The molecule has 0 bridgehead atoms. The Bertz CT molecular complexity index is 1120. The van der Waals surface area contributed by atoms with Gasteiger partial charge in [0.05, 0.1) is 23.4 Å². The highest BCUT2D eigenvalue weighted by atomic mass is 16.2. The van der Waals surface area contributed by atoms with Gasteiger partial charge in [0.2, 0.25) is 5.91 Å². The zero-order chi connectivity index (χ0) is 24.3. The minimum absolute atomic E-state index is 0.154. The van der Waals surface area contributed by atoms with Gasteiger partial charge in [-0.2, -0.15) is 5.26 Å². The number of nitrogens with zero attached hydrogens (tertiary/aromatic N) is 1. The molecule has 7 heteroatoms. The van der Waals surface area contributed by atoms with Gasteiger partial charge < -0.3 is 16.0 Å². The number of carbonyl (C=O) groups excluding carboxylic acids is 3. The first-order valence-corrected chi connectivity index (χ1v) is 11.8. The van der Waals surface area contributed by atoms with Crippen molar-refractivity contribution in [2.45, 2.75) is 51.1 Å². The number of anilines is 1. The average molecular weight is 459 g/mol. The topological polar surface area (TPSA) is 111 Å². The summed E-state index contributed by atoms with van der Waals surface area (Å²) in [7, 11) is 0. The van der Waals surface area contributed by atoms with E-state index in [2.05, 4.69) is 22.0 Å². The number of urea groups is 1. The van der Waals surface area contributed by atoms with Crippen molar-refractivity contribution in [1.29, 1.82) is 5.26 Å². The van der Waals surface area contributed by atoms with Crippen LogP contribution in [0.15, 0.2) is 54.6 Å². The number of para-hydroxylation sites is 1. The molecule has 1 fully saturated rings. The van der Waals surface area contributed by atoms with E-state index in [-0.39, 0.29) is 24.0 Å². The Morgan fingerprint density at radius 2 is 1.82 bits per heavy atom. The minimum atomic E-state index is -0.880. The standard InChI is InChI=1S/C27H30N4O3/c1-17(2)12-23(31-26(34)29-16-18-8-4-3-5-9-18)24(32)20-14-27(13-19(20)15-28)21-10-6-7-11-22(21)30-25(27)33/h3-11,17,19-20,23H,12-14,16H2,1-2H3,(H,30,33)(H2,29,31,34)/t19-,20?,23-,27-/m0/s1. The lowest BCUT2D eigenvalue weighted by atomic mass is 9.78. The van der Waals surface area contributed by atoms with Crippen molar-refractivity contribution in [2.24, 2.45) is 17.8 Å². The van der Waals surface area contributed by atoms with Gasteiger partial charge in [0, 0.05) is 18.2 Å². The fraction of sp³-hybridized carbons (Fsp3) is 0.407. The number of hydrogen-bond acceptors (Lipinski definition) is 4. The Labute approximate surface area is 199 Å². The van der Waals surface area contributed by atoms with Crippen LogP contribution in [0.3, 0.4) is 0 Å². The summed E-state index contributed by atoms with van der Waals surface area (Å²) < 4.78 is 0. The first-order valence-electron chi connectivity index (χ1n) is 11.8. The molecule has 1 spiro atoms. The number of fused-ring (bicyclic) bond motifs is 2. The molecule has 1 heterocycles. The molecule has 0 saturated heterocycles. The Hall–Kier alpha value is -3.66. The van der Waals surface area contributed by atoms with Gasteiger partial charge in [0.15, 0.2) is 5.78 Å². The Morgan fingerprint density at radius 1 is 1.12 bits per heavy atom. The van der Waals surface area contributed by atoms with Crippen molar-refractivity contribution in [3.63, 3.8) is 0 Å². The highest BCUT2D eigenvalue weighted by molar-refractivity contribution is 6.07. The van der Waals surface area contributed by atoms with Crippen LogP contribution < -0.4 is 16.0 Å². The molecule has 1 saturated carbocycles. The molecule has 3 amide bonds. The molecule has 4 rings (SSSR count). The third-order valence-corrected chi connectivity index (χ3v) is 6.93. The molecule has 2 aromatic carbocycles. The van der Waals surface area contributed by atoms with E-state index in [4.69, 9.17) is 0 Å². The van der Waals surface area contributed by atoms with Gasteiger partial charge in [-0.3, -0.25) is 9.59 Å². The van der Waals surface area contributed by atoms with Crippen LogP contribution in [0.5, 0.6) is 0 Å². The first kappa shape index (κ1) is 23.5. The van der Waals surface area contributed by atoms with E-state index in [9.17, 15) is 19.6 Å². The van der Waals surface area contributed by atoms with Gasteiger partial charge in [-0.15, -0.1) is 0 Å². The van der Waals surface area contributed by atoms with E-state index < -0.39 is 29.3 Å². The van der Waals surface area contributed by atoms with Crippen LogP contribution in [0, 0.1) is 29.1 Å². The van der Waals surface area contributed by atoms with E-state index in [0.29, 0.717) is 19.4 Å². The number of nitriles is 1. The molecule has 4 atom stereocenters.